The van der Waals surface area contributed by atoms with Gasteiger partial charge < -0.3 is 10.0 Å². The van der Waals surface area contributed by atoms with Crippen molar-refractivity contribution in [2.75, 3.05) is 6.54 Å². The van der Waals surface area contributed by atoms with Crippen molar-refractivity contribution in [3.8, 4) is 0 Å². The van der Waals surface area contributed by atoms with E-state index in [1.807, 2.05) is 0 Å². The highest BCUT2D eigenvalue weighted by Gasteiger charge is 2.35. The van der Waals surface area contributed by atoms with Crippen LogP contribution in [0.2, 0.25) is 0 Å². The number of fused-ring (bicyclic) bond motifs is 1. The molecule has 3 heterocycles. The summed E-state index contributed by atoms with van der Waals surface area (Å²) in [6, 6.07) is 0.589. The van der Waals surface area contributed by atoms with Crippen LogP contribution in [-0.2, 0) is 18.9 Å². The molecule has 0 aromatic carbocycles. The van der Waals surface area contributed by atoms with Crippen molar-refractivity contribution in [1.82, 2.24) is 19.0 Å². The molecule has 1 saturated heterocycles. The Labute approximate surface area is 142 Å². The van der Waals surface area contributed by atoms with Gasteiger partial charge in [0.25, 0.3) is 11.5 Å². The minimum atomic E-state index is -1.05. The highest BCUT2D eigenvalue weighted by Crippen LogP contribution is 2.21. The minimum Gasteiger partial charge on any atom is -0.480 e. The molecule has 3 rings (SSSR count). The number of aryl methyl sites for hydroxylation is 2. The Morgan fingerprint density at radius 1 is 1.24 bits per heavy atom. The van der Waals surface area contributed by atoms with E-state index in [-0.39, 0.29) is 16.7 Å². The first kappa shape index (κ1) is 16.9. The Morgan fingerprint density at radius 3 is 2.56 bits per heavy atom. The number of carbonyl (C=O) groups excluding carboxylic acids is 1. The Bertz CT molecular complexity index is 1020. The number of rotatable bonds is 2. The van der Waals surface area contributed by atoms with Crippen molar-refractivity contribution >= 4 is 22.9 Å². The monoisotopic (exact) mass is 346 g/mol. The van der Waals surface area contributed by atoms with E-state index >= 15 is 0 Å². The lowest BCUT2D eigenvalue weighted by atomic mass is 10.1. The summed E-state index contributed by atoms with van der Waals surface area (Å²) in [4.78, 5) is 54.0. The molecule has 9 nitrogen and oxygen atoms in total. The molecule has 25 heavy (non-hydrogen) atoms. The Morgan fingerprint density at radius 2 is 1.92 bits per heavy atom. The number of hydrogen-bond acceptors (Lipinski definition) is 5. The van der Waals surface area contributed by atoms with E-state index in [9.17, 15) is 24.3 Å². The Kier molecular flexibility index (Phi) is 3.94. The van der Waals surface area contributed by atoms with Gasteiger partial charge >= 0.3 is 11.7 Å². The molecule has 9 heteroatoms. The van der Waals surface area contributed by atoms with Crippen LogP contribution in [0.4, 0.5) is 0 Å². The molecular weight excluding hydrogens is 328 g/mol. The summed E-state index contributed by atoms with van der Waals surface area (Å²) < 4.78 is 2.19. The summed E-state index contributed by atoms with van der Waals surface area (Å²) in [7, 11) is 2.85. The van der Waals surface area contributed by atoms with E-state index in [2.05, 4.69) is 4.98 Å². The topological polar surface area (TPSA) is 114 Å². The zero-order valence-electron chi connectivity index (χ0n) is 14.1. The molecule has 2 aromatic heterocycles. The number of carboxylic acids is 1. The third-order valence-corrected chi connectivity index (χ3v) is 4.63. The molecule has 2 aromatic rings. The second kappa shape index (κ2) is 5.83. The Balaban J connectivity index is 2.19. The van der Waals surface area contributed by atoms with Gasteiger partial charge in [-0.3, -0.25) is 18.7 Å². The van der Waals surface area contributed by atoms with Gasteiger partial charge in [-0.2, -0.15) is 0 Å². The van der Waals surface area contributed by atoms with Crippen LogP contribution in [0.25, 0.3) is 11.0 Å². The summed E-state index contributed by atoms with van der Waals surface area (Å²) >= 11 is 0. The number of aromatic nitrogens is 3. The molecule has 1 N–H and O–H groups in total. The molecule has 1 aliphatic heterocycles. The van der Waals surface area contributed by atoms with Crippen molar-refractivity contribution in [2.45, 2.75) is 25.8 Å². The van der Waals surface area contributed by atoms with Gasteiger partial charge in [0.05, 0.1) is 5.39 Å². The van der Waals surface area contributed by atoms with E-state index in [0.29, 0.717) is 24.9 Å². The van der Waals surface area contributed by atoms with E-state index in [4.69, 9.17) is 0 Å². The highest BCUT2D eigenvalue weighted by molar-refractivity contribution is 5.97. The number of hydrogen-bond donors (Lipinski definition) is 1. The molecule has 0 unspecified atom stereocenters. The fraction of sp³-hybridized carbons (Fsp3) is 0.438. The van der Waals surface area contributed by atoms with Crippen LogP contribution < -0.4 is 11.2 Å². The molecule has 0 saturated carbocycles. The maximum atomic E-state index is 12.7. The van der Waals surface area contributed by atoms with E-state index in [1.165, 1.54) is 29.6 Å². The van der Waals surface area contributed by atoms with Gasteiger partial charge in [-0.1, -0.05) is 0 Å². The van der Waals surface area contributed by atoms with Gasteiger partial charge in [-0.15, -0.1) is 0 Å². The SMILES string of the molecule is Cc1cc(C(=O)N2CCC[C@@H]2C(=O)O)nc2c1c(=O)n(C)c(=O)n2C. The molecule has 0 spiro atoms. The summed E-state index contributed by atoms with van der Waals surface area (Å²) in [6.45, 7) is 2.00. The molecule has 1 fully saturated rings. The second-order valence-corrected chi connectivity index (χ2v) is 6.22. The minimum absolute atomic E-state index is 0.0291. The molecule has 132 valence electrons. The van der Waals surface area contributed by atoms with Gasteiger partial charge in [-0.05, 0) is 31.4 Å². The third-order valence-electron chi connectivity index (χ3n) is 4.63. The number of carbonyl (C=O) groups is 2. The number of likely N-dealkylation sites (tertiary alicyclic amines) is 1. The smallest absolute Gasteiger partial charge is 0.332 e. The molecule has 1 atom stereocenters. The molecular formula is C16H18N4O5. The number of carboxylic acid groups (broad SMARTS) is 1. The van der Waals surface area contributed by atoms with Crippen LogP contribution in [0.3, 0.4) is 0 Å². The van der Waals surface area contributed by atoms with E-state index in [1.54, 1.807) is 6.92 Å². The number of aliphatic carboxylic acids is 1. The molecule has 0 radical (unpaired) electrons. The van der Waals surface area contributed by atoms with Crippen molar-refractivity contribution in [3.63, 3.8) is 0 Å². The molecule has 1 aliphatic rings. The van der Waals surface area contributed by atoms with Gasteiger partial charge in [0.2, 0.25) is 0 Å². The number of amides is 1. The van der Waals surface area contributed by atoms with Crippen LogP contribution in [0.15, 0.2) is 15.7 Å². The number of pyridine rings is 1. The van der Waals surface area contributed by atoms with Crippen LogP contribution in [0, 0.1) is 6.92 Å². The Hall–Kier alpha value is -2.97. The lowest BCUT2D eigenvalue weighted by Crippen LogP contribution is -2.41. The molecule has 1 amide bonds. The lowest BCUT2D eigenvalue weighted by molar-refractivity contribution is -0.141. The summed E-state index contributed by atoms with van der Waals surface area (Å²) in [5.41, 5.74) is -0.371. The van der Waals surface area contributed by atoms with Crippen LogP contribution in [0.5, 0.6) is 0 Å². The lowest BCUT2D eigenvalue weighted by Gasteiger charge is -2.21. The van der Waals surface area contributed by atoms with E-state index in [0.717, 1.165) is 4.57 Å². The predicted molar refractivity (Wildman–Crippen MR) is 88.7 cm³/mol. The largest absolute Gasteiger partial charge is 0.480 e. The first-order chi connectivity index (χ1) is 11.7. The van der Waals surface area contributed by atoms with Crippen LogP contribution in [-0.4, -0.2) is 48.6 Å². The molecule has 0 aliphatic carbocycles. The molecule has 0 bridgehead atoms. The van der Waals surface area contributed by atoms with E-state index < -0.39 is 29.2 Å². The van der Waals surface area contributed by atoms with Gasteiger partial charge in [-0.25, -0.2) is 14.6 Å². The van der Waals surface area contributed by atoms with Gasteiger partial charge in [0, 0.05) is 20.6 Å². The average Bonchev–Trinajstić information content (AvgIpc) is 3.06. The summed E-state index contributed by atoms with van der Waals surface area (Å²) in [5.74, 6) is -1.56. The van der Waals surface area contributed by atoms with Gasteiger partial charge in [0.1, 0.15) is 17.4 Å². The average molecular weight is 346 g/mol. The first-order valence-electron chi connectivity index (χ1n) is 7.85. The summed E-state index contributed by atoms with van der Waals surface area (Å²) in [5, 5.41) is 9.51. The zero-order valence-corrected chi connectivity index (χ0v) is 14.1. The van der Waals surface area contributed by atoms with Crippen molar-refractivity contribution < 1.29 is 14.7 Å². The predicted octanol–water partition coefficient (Wildman–Crippen LogP) is -0.370. The van der Waals surface area contributed by atoms with Crippen molar-refractivity contribution in [2.24, 2.45) is 14.1 Å². The van der Waals surface area contributed by atoms with Crippen LogP contribution in [0.1, 0.15) is 28.9 Å². The zero-order chi connectivity index (χ0) is 18.5. The quantitative estimate of drug-likeness (QED) is 0.793. The van der Waals surface area contributed by atoms with Crippen molar-refractivity contribution in [3.05, 3.63) is 38.2 Å². The van der Waals surface area contributed by atoms with Gasteiger partial charge in [0.15, 0.2) is 0 Å². The maximum absolute atomic E-state index is 12.7. The normalized spacial score (nSPS) is 17.2. The fourth-order valence-electron chi connectivity index (χ4n) is 3.26. The maximum Gasteiger partial charge on any atom is 0.332 e. The van der Waals surface area contributed by atoms with Crippen LogP contribution >= 0.6 is 0 Å². The highest BCUT2D eigenvalue weighted by atomic mass is 16.4. The third kappa shape index (κ3) is 2.51. The van der Waals surface area contributed by atoms with Crippen molar-refractivity contribution in [1.29, 1.82) is 0 Å². The number of nitrogens with zero attached hydrogens (tertiary/aromatic N) is 4. The summed E-state index contributed by atoms with van der Waals surface area (Å²) in [6.07, 6.45) is 1.00. The first-order valence-corrected chi connectivity index (χ1v) is 7.85. The second-order valence-electron chi connectivity index (χ2n) is 6.22. The standard InChI is InChI=1S/C16H18N4O5/c1-8-7-9(13(21)20-6-4-5-10(20)15(23)24)17-12-11(8)14(22)19(3)16(25)18(12)2/h7,10H,4-6H2,1-3H3,(H,23,24)/t10-/m1/s1. The fourth-order valence-corrected chi connectivity index (χ4v) is 3.26.